The van der Waals surface area contributed by atoms with Crippen molar-refractivity contribution in [3.63, 3.8) is 0 Å². The summed E-state index contributed by atoms with van der Waals surface area (Å²) >= 11 is 0. The van der Waals surface area contributed by atoms with Gasteiger partial charge in [0, 0.05) is 33.0 Å². The largest absolute Gasteiger partial charge is 0.436 e. The van der Waals surface area contributed by atoms with Gasteiger partial charge < -0.3 is 8.83 Å². The first-order chi connectivity index (χ1) is 27.8. The van der Waals surface area contributed by atoms with E-state index in [0.29, 0.717) is 11.4 Å². The molecule has 6 nitrogen and oxygen atoms in total. The molecule has 11 rings (SSSR count). The van der Waals surface area contributed by atoms with Crippen LogP contribution in [0.5, 0.6) is 0 Å². The second kappa shape index (κ2) is 13.0. The summed E-state index contributed by atoms with van der Waals surface area (Å²) in [5.41, 5.74) is 15.1. The third-order valence-corrected chi connectivity index (χ3v) is 10.4. The Balaban J connectivity index is 1.15. The molecule has 0 bridgehead atoms. The Morgan fingerprint density at radius 3 is 1.00 bits per heavy atom. The number of benzene rings is 7. The maximum absolute atomic E-state index is 6.25. The molecule has 0 spiro atoms. The number of rotatable bonds is 6. The van der Waals surface area contributed by atoms with E-state index in [1.165, 1.54) is 0 Å². The molecule has 0 N–H and O–H groups in total. The highest BCUT2D eigenvalue weighted by molar-refractivity contribution is 6.06. The monoisotopic (exact) mass is 718 g/mol. The van der Waals surface area contributed by atoms with E-state index in [1.54, 1.807) is 0 Å². The minimum Gasteiger partial charge on any atom is -0.436 e. The van der Waals surface area contributed by atoms with E-state index >= 15 is 0 Å². The van der Waals surface area contributed by atoms with Crippen LogP contribution in [0.2, 0.25) is 0 Å². The van der Waals surface area contributed by atoms with E-state index < -0.39 is 0 Å². The maximum atomic E-state index is 6.25. The quantitative estimate of drug-likeness (QED) is 0.170. The molecule has 6 heteroatoms. The minimum absolute atomic E-state index is 0.512. The van der Waals surface area contributed by atoms with E-state index in [-0.39, 0.29) is 0 Å². The van der Waals surface area contributed by atoms with Gasteiger partial charge in [-0.05, 0) is 46.5 Å². The fourth-order valence-electron chi connectivity index (χ4n) is 7.82. The Hall–Kier alpha value is -7.70. The predicted octanol–water partition coefficient (Wildman–Crippen LogP) is 13.1. The molecule has 4 aromatic heterocycles. The smallest absolute Gasteiger partial charge is 0.246 e. The fraction of sp³-hybridized carbons (Fsp3) is 0. The van der Waals surface area contributed by atoms with E-state index in [1.807, 2.05) is 84.9 Å². The summed E-state index contributed by atoms with van der Waals surface area (Å²) in [6.07, 6.45) is 0. The lowest BCUT2D eigenvalue weighted by atomic mass is 9.87. The first kappa shape index (κ1) is 31.8. The summed E-state index contributed by atoms with van der Waals surface area (Å²) < 4.78 is 12.5. The van der Waals surface area contributed by atoms with Crippen molar-refractivity contribution in [3.8, 4) is 67.3 Å². The minimum atomic E-state index is 0.512. The molecule has 0 fully saturated rings. The second-order valence-corrected chi connectivity index (χ2v) is 13.7. The van der Waals surface area contributed by atoms with E-state index in [0.717, 1.165) is 100 Å². The third-order valence-electron chi connectivity index (χ3n) is 10.4. The average Bonchev–Trinajstić information content (AvgIpc) is 3.83. The molecule has 0 unspecified atom stereocenters. The topological polar surface area (TPSA) is 77.8 Å². The number of furan rings is 2. The van der Waals surface area contributed by atoms with Gasteiger partial charge in [-0.2, -0.15) is 0 Å². The lowest BCUT2D eigenvalue weighted by Gasteiger charge is -2.18. The Labute approximate surface area is 321 Å². The summed E-state index contributed by atoms with van der Waals surface area (Å²) in [6, 6.07) is 61.8. The summed E-state index contributed by atoms with van der Waals surface area (Å²) in [5.74, 6) is 0. The van der Waals surface area contributed by atoms with Crippen LogP contribution in [0.15, 0.2) is 191 Å². The number of hydrogen-bond donors (Lipinski definition) is 0. The standard InChI is InChI=1S/C50H30N4O2/c1-3-17-31(18-4-1)43-45(51-47-39-27-13-15-29-41(39)55-49(47)53-43)37-25-11-9-23-35(37)33-21-7-8-22-34(33)36-24-10-12-26-38(36)46-44(32-19-5-2-6-20-32)54-50-48(52-46)40-28-14-16-30-42(40)56-50/h1-30H. The number of nitrogens with zero attached hydrogens (tertiary/aromatic N) is 4. The lowest BCUT2D eigenvalue weighted by Crippen LogP contribution is -1.98. The van der Waals surface area contributed by atoms with Crippen LogP contribution in [-0.2, 0) is 0 Å². The van der Waals surface area contributed by atoms with Crippen LogP contribution in [0.1, 0.15) is 0 Å². The zero-order chi connectivity index (χ0) is 37.0. The molecule has 0 aliphatic carbocycles. The van der Waals surface area contributed by atoms with Crippen LogP contribution >= 0.6 is 0 Å². The number of hydrogen-bond acceptors (Lipinski definition) is 6. The van der Waals surface area contributed by atoms with Crippen molar-refractivity contribution in [1.82, 2.24) is 19.9 Å². The molecule has 4 heterocycles. The molecule has 0 radical (unpaired) electrons. The second-order valence-electron chi connectivity index (χ2n) is 13.7. The highest BCUT2D eigenvalue weighted by Crippen LogP contribution is 2.45. The zero-order valence-corrected chi connectivity index (χ0v) is 29.9. The molecule has 11 aromatic rings. The molecule has 0 saturated carbocycles. The average molecular weight is 719 g/mol. The van der Waals surface area contributed by atoms with Crippen LogP contribution in [0.25, 0.3) is 112 Å². The van der Waals surface area contributed by atoms with Crippen LogP contribution < -0.4 is 0 Å². The van der Waals surface area contributed by atoms with Gasteiger partial charge in [0.15, 0.2) is 0 Å². The lowest BCUT2D eigenvalue weighted by molar-refractivity contribution is 0.653. The fourth-order valence-corrected chi connectivity index (χ4v) is 7.82. The van der Waals surface area contributed by atoms with Crippen molar-refractivity contribution in [2.24, 2.45) is 0 Å². The van der Waals surface area contributed by atoms with Crippen LogP contribution in [0, 0.1) is 0 Å². The Kier molecular flexibility index (Phi) is 7.38. The molecular formula is C50H30N4O2. The normalized spacial score (nSPS) is 11.6. The van der Waals surface area contributed by atoms with Gasteiger partial charge in [0.05, 0.1) is 11.4 Å². The summed E-state index contributed by atoms with van der Waals surface area (Å²) in [5, 5.41) is 1.86. The first-order valence-electron chi connectivity index (χ1n) is 18.6. The molecule has 0 aliphatic rings. The number of fused-ring (bicyclic) bond motifs is 6. The molecule has 0 aliphatic heterocycles. The molecule has 0 saturated heterocycles. The third kappa shape index (κ3) is 5.19. The van der Waals surface area contributed by atoms with Gasteiger partial charge in [-0.3, -0.25) is 0 Å². The van der Waals surface area contributed by atoms with Crippen molar-refractivity contribution in [2.45, 2.75) is 0 Å². The van der Waals surface area contributed by atoms with Gasteiger partial charge in [0.25, 0.3) is 0 Å². The number of para-hydroxylation sites is 2. The Morgan fingerprint density at radius 1 is 0.268 bits per heavy atom. The van der Waals surface area contributed by atoms with Gasteiger partial charge in [0.2, 0.25) is 11.4 Å². The van der Waals surface area contributed by atoms with Crippen LogP contribution in [-0.4, -0.2) is 19.9 Å². The highest BCUT2D eigenvalue weighted by atomic mass is 16.3. The Bertz CT molecular complexity index is 3040. The van der Waals surface area contributed by atoms with Crippen molar-refractivity contribution in [3.05, 3.63) is 182 Å². The molecular weight excluding hydrogens is 689 g/mol. The van der Waals surface area contributed by atoms with Crippen molar-refractivity contribution >= 4 is 44.4 Å². The molecule has 56 heavy (non-hydrogen) atoms. The summed E-state index contributed by atoms with van der Waals surface area (Å²) in [7, 11) is 0. The van der Waals surface area contributed by atoms with Gasteiger partial charge in [-0.1, -0.05) is 158 Å². The summed E-state index contributed by atoms with van der Waals surface area (Å²) in [6.45, 7) is 0. The van der Waals surface area contributed by atoms with Gasteiger partial charge in [-0.25, -0.2) is 19.9 Å². The Morgan fingerprint density at radius 2 is 0.589 bits per heavy atom. The van der Waals surface area contributed by atoms with E-state index in [9.17, 15) is 0 Å². The van der Waals surface area contributed by atoms with Gasteiger partial charge in [0.1, 0.15) is 33.6 Å². The zero-order valence-electron chi connectivity index (χ0n) is 29.9. The molecule has 0 amide bonds. The molecule has 7 aromatic carbocycles. The molecule has 0 atom stereocenters. The predicted molar refractivity (Wildman–Crippen MR) is 225 cm³/mol. The first-order valence-corrected chi connectivity index (χ1v) is 18.6. The van der Waals surface area contributed by atoms with Crippen molar-refractivity contribution < 1.29 is 8.83 Å². The van der Waals surface area contributed by atoms with Crippen LogP contribution in [0.4, 0.5) is 0 Å². The van der Waals surface area contributed by atoms with Gasteiger partial charge >= 0.3 is 0 Å². The van der Waals surface area contributed by atoms with Crippen molar-refractivity contribution in [1.29, 1.82) is 0 Å². The van der Waals surface area contributed by atoms with E-state index in [4.69, 9.17) is 28.8 Å². The summed E-state index contributed by atoms with van der Waals surface area (Å²) in [4.78, 5) is 21.1. The SMILES string of the molecule is c1ccc(-c2nc3oc4ccccc4c3nc2-c2ccccc2-c2ccccc2-c2ccccc2-c2nc3c(nc2-c2ccccc2)oc2ccccc23)cc1. The van der Waals surface area contributed by atoms with Gasteiger partial charge in [-0.15, -0.1) is 0 Å². The molecule has 262 valence electrons. The van der Waals surface area contributed by atoms with E-state index in [2.05, 4.69) is 97.1 Å². The van der Waals surface area contributed by atoms with Crippen LogP contribution in [0.3, 0.4) is 0 Å². The van der Waals surface area contributed by atoms with Crippen molar-refractivity contribution in [2.75, 3.05) is 0 Å². The maximum Gasteiger partial charge on any atom is 0.246 e. The number of aromatic nitrogens is 4. The highest BCUT2D eigenvalue weighted by Gasteiger charge is 2.24.